The molecule has 0 aromatic rings. The smallest absolute Gasteiger partial charge is 0.339 e. The van der Waals surface area contributed by atoms with E-state index in [0.29, 0.717) is 0 Å². The lowest BCUT2D eigenvalue weighted by atomic mass is 10.4. The lowest BCUT2D eigenvalue weighted by molar-refractivity contribution is 0.256. The summed E-state index contributed by atoms with van der Waals surface area (Å²) >= 11 is 0. The molecular formula is C4H10N2O3S. The van der Waals surface area contributed by atoms with Crippen LogP contribution in [-0.2, 0) is 10.0 Å². The van der Waals surface area contributed by atoms with Crippen molar-refractivity contribution < 1.29 is 13.2 Å². The molecule has 3 N–H and O–H groups in total. The number of primary sulfonamides is 1. The zero-order valence-corrected chi connectivity index (χ0v) is 6.60. The molecule has 0 spiro atoms. The van der Waals surface area contributed by atoms with Gasteiger partial charge in [-0.2, -0.15) is 0 Å². The number of sulfonamides is 1. The van der Waals surface area contributed by atoms with Gasteiger partial charge in [0.25, 0.3) is 10.0 Å². The summed E-state index contributed by atoms with van der Waals surface area (Å²) < 4.78 is 20.5. The summed E-state index contributed by atoms with van der Waals surface area (Å²) in [5, 5.41) is 5.48. The molecule has 5 nitrogen and oxygen atoms in total. The van der Waals surface area contributed by atoms with Crippen LogP contribution in [0.5, 0.6) is 0 Å². The second-order valence-electron chi connectivity index (χ2n) is 2.13. The van der Waals surface area contributed by atoms with E-state index in [1.807, 2.05) is 0 Å². The number of amides is 1. The van der Waals surface area contributed by atoms with Crippen molar-refractivity contribution >= 4 is 15.3 Å². The van der Waals surface area contributed by atoms with Gasteiger partial charge in [0.2, 0.25) is 0 Å². The van der Waals surface area contributed by atoms with Crippen LogP contribution in [0.3, 0.4) is 0 Å². The summed E-state index contributed by atoms with van der Waals surface area (Å²) in [5.41, 5.74) is 0. The summed E-state index contributed by atoms with van der Waals surface area (Å²) in [6.07, 6.45) is 0. The fraction of sp³-hybridized carbons (Fsp3) is 0.750. The Kier molecular flexibility index (Phi) is 2.79. The molecule has 0 aromatic heterocycles. The standard InChI is InChI=1S/C4H10N2O3S/c1-3(2)6-4(7)10(5,8)9/h3H,1-2H3,(H,6,7)(H2,5,8,9). The number of hydrogen-bond donors (Lipinski definition) is 2. The lowest BCUT2D eigenvalue weighted by Crippen LogP contribution is -2.38. The highest BCUT2D eigenvalue weighted by Crippen LogP contribution is 1.83. The van der Waals surface area contributed by atoms with Gasteiger partial charge in [0.1, 0.15) is 0 Å². The van der Waals surface area contributed by atoms with Crippen molar-refractivity contribution in [3.63, 3.8) is 0 Å². The number of hydrogen-bond acceptors (Lipinski definition) is 3. The van der Waals surface area contributed by atoms with E-state index >= 15 is 0 Å². The third-order valence-electron chi connectivity index (χ3n) is 0.665. The van der Waals surface area contributed by atoms with Gasteiger partial charge in [-0.15, -0.1) is 0 Å². The maximum absolute atomic E-state index is 10.5. The molecule has 0 aliphatic carbocycles. The zero-order valence-electron chi connectivity index (χ0n) is 5.79. The molecule has 0 heterocycles. The molecule has 0 aliphatic heterocycles. The largest absolute Gasteiger partial charge is 0.351 e. The Morgan fingerprint density at radius 3 is 2.00 bits per heavy atom. The van der Waals surface area contributed by atoms with Gasteiger partial charge >= 0.3 is 5.24 Å². The topological polar surface area (TPSA) is 89.3 Å². The summed E-state index contributed by atoms with van der Waals surface area (Å²) in [6, 6.07) is -0.217. The SMILES string of the molecule is CC(C)NC(=O)S(N)(=O)=O. The number of nitrogens with two attached hydrogens (primary N) is 1. The minimum atomic E-state index is -4.05. The van der Waals surface area contributed by atoms with E-state index in [4.69, 9.17) is 0 Å². The first kappa shape index (κ1) is 9.38. The third-order valence-corrected chi connectivity index (χ3v) is 1.30. The third kappa shape index (κ3) is 3.41. The molecule has 6 heteroatoms. The molecule has 10 heavy (non-hydrogen) atoms. The van der Waals surface area contributed by atoms with Crippen molar-refractivity contribution in [2.24, 2.45) is 5.14 Å². The fourth-order valence-corrected chi connectivity index (χ4v) is 0.718. The maximum Gasteiger partial charge on any atom is 0.351 e. The molecule has 0 saturated carbocycles. The van der Waals surface area contributed by atoms with Gasteiger partial charge in [-0.3, -0.25) is 4.79 Å². The second-order valence-corrected chi connectivity index (χ2v) is 3.59. The Hall–Kier alpha value is -0.620. The van der Waals surface area contributed by atoms with E-state index in [0.717, 1.165) is 0 Å². The van der Waals surface area contributed by atoms with Crippen LogP contribution in [0.4, 0.5) is 4.79 Å². The Balaban J connectivity index is 4.14. The molecule has 1 amide bonds. The van der Waals surface area contributed by atoms with Crippen molar-refractivity contribution in [1.82, 2.24) is 5.32 Å². The van der Waals surface area contributed by atoms with Crippen molar-refractivity contribution in [3.8, 4) is 0 Å². The first-order valence-corrected chi connectivity index (χ1v) is 4.22. The van der Waals surface area contributed by atoms with Crippen LogP contribution >= 0.6 is 0 Å². The molecule has 0 aliphatic rings. The first-order valence-electron chi connectivity index (χ1n) is 2.67. The molecule has 0 saturated heterocycles. The van der Waals surface area contributed by atoms with Gasteiger partial charge in [-0.05, 0) is 13.8 Å². The average molecular weight is 166 g/mol. The van der Waals surface area contributed by atoms with Crippen LogP contribution in [0.2, 0.25) is 0 Å². The number of carbonyl (C=O) groups is 1. The Labute approximate surface area is 59.6 Å². The van der Waals surface area contributed by atoms with Gasteiger partial charge in [0, 0.05) is 6.04 Å². The molecule has 0 aromatic carbocycles. The molecule has 0 radical (unpaired) electrons. The number of rotatable bonds is 1. The quantitative estimate of drug-likeness (QED) is 0.544. The Bertz CT molecular complexity index is 219. The molecule has 0 fully saturated rings. The average Bonchev–Trinajstić information content (AvgIpc) is 1.60. The van der Waals surface area contributed by atoms with Crippen LogP contribution in [-0.4, -0.2) is 19.7 Å². The van der Waals surface area contributed by atoms with Crippen molar-refractivity contribution in [2.45, 2.75) is 19.9 Å². The Morgan fingerprint density at radius 2 is 1.90 bits per heavy atom. The molecule has 0 rings (SSSR count). The summed E-state index contributed by atoms with van der Waals surface area (Å²) in [7, 11) is -4.05. The number of carbonyl (C=O) groups excluding carboxylic acids is 1. The highest BCUT2D eigenvalue weighted by atomic mass is 32.2. The van der Waals surface area contributed by atoms with Crippen LogP contribution < -0.4 is 10.5 Å². The van der Waals surface area contributed by atoms with Gasteiger partial charge in [0.15, 0.2) is 0 Å². The summed E-state index contributed by atoms with van der Waals surface area (Å²) in [4.78, 5) is 10.5. The highest BCUT2D eigenvalue weighted by Gasteiger charge is 2.15. The maximum atomic E-state index is 10.5. The highest BCUT2D eigenvalue weighted by molar-refractivity contribution is 8.04. The van der Waals surface area contributed by atoms with E-state index in [2.05, 4.69) is 10.5 Å². The van der Waals surface area contributed by atoms with Gasteiger partial charge in [-0.25, -0.2) is 13.6 Å². The van der Waals surface area contributed by atoms with E-state index in [1.165, 1.54) is 0 Å². The Morgan fingerprint density at radius 1 is 1.50 bits per heavy atom. The zero-order chi connectivity index (χ0) is 8.36. The van der Waals surface area contributed by atoms with Crippen molar-refractivity contribution in [3.05, 3.63) is 0 Å². The molecule has 60 valence electrons. The van der Waals surface area contributed by atoms with E-state index in [1.54, 1.807) is 13.8 Å². The van der Waals surface area contributed by atoms with Crippen LogP contribution in [0.1, 0.15) is 13.8 Å². The molecule has 0 atom stereocenters. The molecule has 0 unspecified atom stereocenters. The van der Waals surface area contributed by atoms with Gasteiger partial charge in [0.05, 0.1) is 0 Å². The van der Waals surface area contributed by atoms with Crippen LogP contribution in [0, 0.1) is 0 Å². The van der Waals surface area contributed by atoms with Crippen molar-refractivity contribution in [2.75, 3.05) is 0 Å². The minimum Gasteiger partial charge on any atom is -0.339 e. The first-order chi connectivity index (χ1) is 4.34. The van der Waals surface area contributed by atoms with E-state index < -0.39 is 15.3 Å². The van der Waals surface area contributed by atoms with Crippen LogP contribution in [0.15, 0.2) is 0 Å². The molecule has 0 bridgehead atoms. The predicted octanol–water partition coefficient (Wildman–Crippen LogP) is -0.607. The normalized spacial score (nSPS) is 11.6. The fourth-order valence-electron chi connectivity index (χ4n) is 0.318. The van der Waals surface area contributed by atoms with Crippen molar-refractivity contribution in [1.29, 1.82) is 0 Å². The monoisotopic (exact) mass is 166 g/mol. The second kappa shape index (κ2) is 2.98. The van der Waals surface area contributed by atoms with Crippen LogP contribution in [0.25, 0.3) is 0 Å². The van der Waals surface area contributed by atoms with E-state index in [9.17, 15) is 13.2 Å². The summed E-state index contributed by atoms with van der Waals surface area (Å²) in [5.74, 6) is 0. The van der Waals surface area contributed by atoms with Gasteiger partial charge in [-0.1, -0.05) is 0 Å². The summed E-state index contributed by atoms with van der Waals surface area (Å²) in [6.45, 7) is 3.28. The van der Waals surface area contributed by atoms with Gasteiger partial charge < -0.3 is 5.32 Å². The minimum absolute atomic E-state index is 0.217. The predicted molar refractivity (Wildman–Crippen MR) is 36.8 cm³/mol. The lowest BCUT2D eigenvalue weighted by Gasteiger charge is -2.04. The number of nitrogens with one attached hydrogen (secondary N) is 1. The van der Waals surface area contributed by atoms with E-state index in [-0.39, 0.29) is 6.04 Å². The molecular weight excluding hydrogens is 156 g/mol.